The largest absolute Gasteiger partial charge is 0.329 e. The highest BCUT2D eigenvalue weighted by atomic mass is 79.9. The van der Waals surface area contributed by atoms with Crippen LogP contribution in [-0.2, 0) is 13.1 Å². The summed E-state index contributed by atoms with van der Waals surface area (Å²) in [5, 5.41) is 8.02. The zero-order valence-corrected chi connectivity index (χ0v) is 12.1. The maximum Gasteiger partial charge on any atom is 0.257 e. The molecule has 1 aliphatic heterocycles. The van der Waals surface area contributed by atoms with Crippen LogP contribution in [0.2, 0.25) is 5.15 Å². The molecule has 1 aliphatic rings. The van der Waals surface area contributed by atoms with Gasteiger partial charge in [-0.1, -0.05) is 11.6 Å². The molecule has 0 spiro atoms. The monoisotopic (exact) mass is 341 g/mol. The quantitative estimate of drug-likeness (QED) is 0.741. The lowest BCUT2D eigenvalue weighted by Gasteiger charge is -2.27. The highest BCUT2D eigenvalue weighted by molar-refractivity contribution is 9.10. The summed E-state index contributed by atoms with van der Waals surface area (Å²) in [5.41, 5.74) is 0.393. The van der Waals surface area contributed by atoms with E-state index in [9.17, 15) is 4.79 Å². The van der Waals surface area contributed by atoms with E-state index in [0.717, 1.165) is 10.3 Å². The number of nitrogens with zero attached hydrogens (tertiary/aromatic N) is 5. The van der Waals surface area contributed by atoms with Gasteiger partial charge < -0.3 is 9.47 Å². The van der Waals surface area contributed by atoms with E-state index in [4.69, 9.17) is 11.6 Å². The van der Waals surface area contributed by atoms with Crippen molar-refractivity contribution < 1.29 is 4.79 Å². The number of carbonyl (C=O) groups excluding carboxylic acids is 1. The molecular weight excluding hydrogens is 334 g/mol. The van der Waals surface area contributed by atoms with Crippen LogP contribution in [0.25, 0.3) is 0 Å². The van der Waals surface area contributed by atoms with Crippen LogP contribution in [0.3, 0.4) is 0 Å². The fraction of sp³-hybridized carbons (Fsp3) is 0.273. The first-order chi connectivity index (χ1) is 9.15. The maximum atomic E-state index is 12.4. The molecule has 0 saturated carbocycles. The molecule has 8 heteroatoms. The summed E-state index contributed by atoms with van der Waals surface area (Å²) in [7, 11) is 0. The third kappa shape index (κ3) is 2.35. The summed E-state index contributed by atoms with van der Waals surface area (Å²) in [6.07, 6.45) is 3.23. The van der Waals surface area contributed by atoms with Crippen LogP contribution in [0.15, 0.2) is 23.1 Å². The highest BCUT2D eigenvalue weighted by Crippen LogP contribution is 2.21. The molecule has 1 amide bonds. The smallest absolute Gasteiger partial charge is 0.257 e. The van der Waals surface area contributed by atoms with Crippen LogP contribution < -0.4 is 0 Å². The molecule has 98 valence electrons. The summed E-state index contributed by atoms with van der Waals surface area (Å²) < 4.78 is 2.66. The molecule has 0 aliphatic carbocycles. The molecule has 0 saturated heterocycles. The van der Waals surface area contributed by atoms with Gasteiger partial charge in [-0.15, -0.1) is 10.2 Å². The summed E-state index contributed by atoms with van der Waals surface area (Å²) in [6.45, 7) is 1.72. The summed E-state index contributed by atoms with van der Waals surface area (Å²) in [6, 6.07) is 1.68. The molecule has 0 bridgehead atoms. The number of aromatic nitrogens is 4. The van der Waals surface area contributed by atoms with Gasteiger partial charge in [-0.25, -0.2) is 4.98 Å². The Labute approximate surface area is 122 Å². The molecule has 6 nitrogen and oxygen atoms in total. The van der Waals surface area contributed by atoms with Crippen molar-refractivity contribution >= 4 is 33.4 Å². The zero-order chi connectivity index (χ0) is 13.4. The number of rotatable bonds is 1. The predicted molar refractivity (Wildman–Crippen MR) is 71.7 cm³/mol. The molecule has 19 heavy (non-hydrogen) atoms. The molecule has 3 rings (SSSR count). The minimum absolute atomic E-state index is 0.145. The van der Waals surface area contributed by atoms with Crippen molar-refractivity contribution in [1.29, 1.82) is 0 Å². The SMILES string of the molecule is O=C(c1cc(Br)cnc1Cl)N1CCn2cnnc2C1. The van der Waals surface area contributed by atoms with Gasteiger partial charge in [0.1, 0.15) is 11.5 Å². The topological polar surface area (TPSA) is 63.9 Å². The van der Waals surface area contributed by atoms with Crippen LogP contribution in [0.4, 0.5) is 0 Å². The Kier molecular flexibility index (Phi) is 3.24. The van der Waals surface area contributed by atoms with E-state index in [-0.39, 0.29) is 11.1 Å². The van der Waals surface area contributed by atoms with E-state index in [2.05, 4.69) is 31.1 Å². The van der Waals surface area contributed by atoms with Crippen molar-refractivity contribution in [1.82, 2.24) is 24.6 Å². The van der Waals surface area contributed by atoms with Gasteiger partial charge in [0.15, 0.2) is 5.82 Å². The molecular formula is C11H9BrClN5O. The predicted octanol–water partition coefficient (Wildman–Crippen LogP) is 1.74. The molecule has 2 aromatic heterocycles. The Morgan fingerprint density at radius 3 is 3.11 bits per heavy atom. The van der Waals surface area contributed by atoms with Gasteiger partial charge in [-0.3, -0.25) is 4.79 Å². The van der Waals surface area contributed by atoms with E-state index in [1.54, 1.807) is 23.5 Å². The second-order valence-electron chi connectivity index (χ2n) is 4.16. The number of halogens is 2. The van der Waals surface area contributed by atoms with Gasteiger partial charge in [0.2, 0.25) is 0 Å². The van der Waals surface area contributed by atoms with Gasteiger partial charge in [-0.2, -0.15) is 0 Å². The number of pyridine rings is 1. The summed E-state index contributed by atoms with van der Waals surface area (Å²) in [4.78, 5) is 18.1. The lowest BCUT2D eigenvalue weighted by Crippen LogP contribution is -2.38. The van der Waals surface area contributed by atoms with Crippen molar-refractivity contribution in [3.05, 3.63) is 39.6 Å². The van der Waals surface area contributed by atoms with Gasteiger partial charge in [-0.05, 0) is 22.0 Å². The third-order valence-corrected chi connectivity index (χ3v) is 3.70. The summed E-state index contributed by atoms with van der Waals surface area (Å²) >= 11 is 9.27. The Morgan fingerprint density at radius 1 is 1.42 bits per heavy atom. The first-order valence-corrected chi connectivity index (χ1v) is 6.79. The number of carbonyl (C=O) groups is 1. The number of fused-ring (bicyclic) bond motifs is 1. The minimum atomic E-state index is -0.145. The second kappa shape index (κ2) is 4.90. The fourth-order valence-electron chi connectivity index (χ4n) is 1.98. The van der Waals surface area contributed by atoms with Crippen LogP contribution in [0.5, 0.6) is 0 Å². The van der Waals surface area contributed by atoms with Crippen LogP contribution in [-0.4, -0.2) is 37.1 Å². The van der Waals surface area contributed by atoms with Gasteiger partial charge in [0.05, 0.1) is 12.1 Å². The highest BCUT2D eigenvalue weighted by Gasteiger charge is 2.24. The zero-order valence-electron chi connectivity index (χ0n) is 9.75. The Hall–Kier alpha value is -1.47. The normalized spacial score (nSPS) is 14.3. The number of amides is 1. The summed E-state index contributed by atoms with van der Waals surface area (Å²) in [5.74, 6) is 0.631. The van der Waals surface area contributed by atoms with E-state index < -0.39 is 0 Å². The van der Waals surface area contributed by atoms with Crippen molar-refractivity contribution in [2.75, 3.05) is 6.54 Å². The molecule has 3 heterocycles. The lowest BCUT2D eigenvalue weighted by molar-refractivity contribution is 0.0707. The molecule has 0 unspecified atom stereocenters. The van der Waals surface area contributed by atoms with Crippen molar-refractivity contribution in [3.8, 4) is 0 Å². The third-order valence-electron chi connectivity index (χ3n) is 2.96. The average Bonchev–Trinajstić information content (AvgIpc) is 2.88. The molecule has 0 N–H and O–H groups in total. The number of hydrogen-bond acceptors (Lipinski definition) is 4. The van der Waals surface area contributed by atoms with Crippen LogP contribution >= 0.6 is 27.5 Å². The van der Waals surface area contributed by atoms with Gasteiger partial charge in [0, 0.05) is 23.8 Å². The van der Waals surface area contributed by atoms with Crippen molar-refractivity contribution in [2.24, 2.45) is 0 Å². The second-order valence-corrected chi connectivity index (χ2v) is 5.43. The van der Waals surface area contributed by atoms with Gasteiger partial charge >= 0.3 is 0 Å². The van der Waals surface area contributed by atoms with Crippen molar-refractivity contribution in [2.45, 2.75) is 13.1 Å². The van der Waals surface area contributed by atoms with Crippen LogP contribution in [0, 0.1) is 0 Å². The average molecular weight is 343 g/mol. The minimum Gasteiger partial charge on any atom is -0.329 e. The molecule has 0 atom stereocenters. The van der Waals surface area contributed by atoms with E-state index in [1.165, 1.54) is 0 Å². The first-order valence-electron chi connectivity index (χ1n) is 5.62. The Balaban J connectivity index is 1.87. The van der Waals surface area contributed by atoms with E-state index >= 15 is 0 Å². The lowest BCUT2D eigenvalue weighted by atomic mass is 10.2. The van der Waals surface area contributed by atoms with Gasteiger partial charge in [0.25, 0.3) is 5.91 Å². The number of hydrogen-bond donors (Lipinski definition) is 0. The molecule has 0 fully saturated rings. The van der Waals surface area contributed by atoms with E-state index in [1.807, 2.05) is 4.57 Å². The Bertz CT molecular complexity index is 644. The standard InChI is InChI=1S/C11H9BrClN5O/c12-7-3-8(10(13)14-4-7)11(19)17-1-2-18-6-15-16-9(18)5-17/h3-4,6H,1-2,5H2. The first kappa shape index (κ1) is 12.6. The molecule has 0 aromatic carbocycles. The molecule has 2 aromatic rings. The van der Waals surface area contributed by atoms with E-state index in [0.29, 0.717) is 25.2 Å². The van der Waals surface area contributed by atoms with Crippen LogP contribution in [0.1, 0.15) is 16.2 Å². The van der Waals surface area contributed by atoms with Crippen molar-refractivity contribution in [3.63, 3.8) is 0 Å². The molecule has 0 radical (unpaired) electrons. The fourth-order valence-corrected chi connectivity index (χ4v) is 2.50. The Morgan fingerprint density at radius 2 is 2.26 bits per heavy atom. The maximum absolute atomic E-state index is 12.4.